The van der Waals surface area contributed by atoms with Crippen molar-refractivity contribution in [3.8, 4) is 0 Å². The third-order valence-electron chi connectivity index (χ3n) is 4.47. The topological polar surface area (TPSA) is 66.5 Å². The molecule has 0 aliphatic carbocycles. The third kappa shape index (κ3) is 7.45. The van der Waals surface area contributed by atoms with Crippen LogP contribution in [0.4, 0.5) is 14.5 Å². The molecule has 0 saturated heterocycles. The first kappa shape index (κ1) is 22.8. The highest BCUT2D eigenvalue weighted by Gasteiger charge is 2.19. The van der Waals surface area contributed by atoms with E-state index in [4.69, 9.17) is 0 Å². The number of nitrogens with zero attached hydrogens (tertiary/aromatic N) is 1. The molecule has 0 aromatic heterocycles. The molecular weight excluding hydrogens is 398 g/mol. The van der Waals surface area contributed by atoms with Crippen LogP contribution in [0.2, 0.25) is 0 Å². The van der Waals surface area contributed by atoms with E-state index in [1.807, 2.05) is 37.3 Å². The summed E-state index contributed by atoms with van der Waals surface area (Å²) in [5.74, 6) is -2.35. The number of sulfonamides is 1. The fourth-order valence-corrected chi connectivity index (χ4v) is 3.91. The normalized spacial score (nSPS) is 12.4. The summed E-state index contributed by atoms with van der Waals surface area (Å²) in [5.41, 5.74) is 1.23. The Bertz CT molecular complexity index is 921. The number of amides is 1. The zero-order valence-electron chi connectivity index (χ0n) is 16.6. The molecule has 1 unspecified atom stereocenters. The average molecular weight is 425 g/mol. The van der Waals surface area contributed by atoms with Gasteiger partial charge in [-0.25, -0.2) is 17.2 Å². The van der Waals surface area contributed by atoms with Crippen molar-refractivity contribution in [2.45, 2.75) is 38.6 Å². The van der Waals surface area contributed by atoms with Gasteiger partial charge in [0.05, 0.1) is 11.9 Å². The van der Waals surface area contributed by atoms with Gasteiger partial charge in [0.15, 0.2) is 11.6 Å². The van der Waals surface area contributed by atoms with Crippen molar-refractivity contribution >= 4 is 21.6 Å². The van der Waals surface area contributed by atoms with E-state index in [0.29, 0.717) is 0 Å². The van der Waals surface area contributed by atoms with Crippen LogP contribution in [0.3, 0.4) is 0 Å². The van der Waals surface area contributed by atoms with Gasteiger partial charge in [0, 0.05) is 25.1 Å². The molecule has 0 heterocycles. The smallest absolute Gasteiger partial charge is 0.232 e. The summed E-state index contributed by atoms with van der Waals surface area (Å²) in [6.45, 7) is 1.92. The van der Waals surface area contributed by atoms with Gasteiger partial charge in [-0.2, -0.15) is 0 Å². The Kier molecular flexibility index (Phi) is 8.13. The molecule has 0 aliphatic heterocycles. The predicted molar refractivity (Wildman–Crippen MR) is 110 cm³/mol. The Morgan fingerprint density at radius 3 is 2.41 bits per heavy atom. The third-order valence-corrected chi connectivity index (χ3v) is 5.67. The van der Waals surface area contributed by atoms with Gasteiger partial charge < -0.3 is 5.32 Å². The number of benzene rings is 2. The zero-order valence-corrected chi connectivity index (χ0v) is 17.4. The number of halogens is 2. The summed E-state index contributed by atoms with van der Waals surface area (Å²) in [7, 11) is -3.70. The van der Waals surface area contributed by atoms with Crippen molar-refractivity contribution in [1.82, 2.24) is 5.32 Å². The van der Waals surface area contributed by atoms with E-state index in [0.717, 1.165) is 35.5 Å². The summed E-state index contributed by atoms with van der Waals surface area (Å²) in [4.78, 5) is 12.1. The van der Waals surface area contributed by atoms with Crippen LogP contribution in [-0.4, -0.2) is 33.2 Å². The highest BCUT2D eigenvalue weighted by Crippen LogP contribution is 2.21. The van der Waals surface area contributed by atoms with Gasteiger partial charge >= 0.3 is 0 Å². The number of hydrogen-bond donors (Lipinski definition) is 1. The van der Waals surface area contributed by atoms with Gasteiger partial charge in [-0.3, -0.25) is 9.10 Å². The first-order valence-corrected chi connectivity index (χ1v) is 11.3. The van der Waals surface area contributed by atoms with E-state index >= 15 is 0 Å². The van der Waals surface area contributed by atoms with Gasteiger partial charge in [-0.05, 0) is 43.9 Å². The Balaban J connectivity index is 1.83. The second-order valence-electron chi connectivity index (χ2n) is 7.03. The SMILES string of the molecule is CC(CCc1ccccc1)NC(=O)CCCN(c1ccc(F)c(F)c1)S(C)(=O)=O. The minimum absolute atomic E-state index is 0.00424. The lowest BCUT2D eigenvalue weighted by Gasteiger charge is -2.22. The number of hydrogen-bond acceptors (Lipinski definition) is 3. The molecule has 1 amide bonds. The number of anilines is 1. The van der Waals surface area contributed by atoms with Crippen LogP contribution in [0.1, 0.15) is 31.7 Å². The Morgan fingerprint density at radius 2 is 1.79 bits per heavy atom. The number of nitrogens with one attached hydrogen (secondary N) is 1. The second kappa shape index (κ2) is 10.3. The minimum atomic E-state index is -3.70. The molecule has 1 atom stereocenters. The molecule has 29 heavy (non-hydrogen) atoms. The van der Waals surface area contributed by atoms with Crippen LogP contribution in [-0.2, 0) is 21.2 Å². The van der Waals surface area contributed by atoms with Gasteiger partial charge in [-0.15, -0.1) is 0 Å². The lowest BCUT2D eigenvalue weighted by atomic mass is 10.1. The van der Waals surface area contributed by atoms with Crippen molar-refractivity contribution in [3.05, 3.63) is 65.7 Å². The maximum atomic E-state index is 13.5. The molecule has 2 aromatic carbocycles. The molecule has 158 valence electrons. The molecule has 0 bridgehead atoms. The molecule has 2 rings (SSSR count). The van der Waals surface area contributed by atoms with E-state index in [2.05, 4.69) is 5.32 Å². The highest BCUT2D eigenvalue weighted by atomic mass is 32.2. The Hall–Kier alpha value is -2.48. The van der Waals surface area contributed by atoms with E-state index in [9.17, 15) is 22.0 Å². The number of carbonyl (C=O) groups excluding carboxylic acids is 1. The quantitative estimate of drug-likeness (QED) is 0.633. The molecule has 0 aliphatic rings. The standard InChI is InChI=1S/C21H26F2N2O3S/c1-16(10-11-17-7-4-3-5-8-17)24-21(26)9-6-14-25(29(2,27)28)18-12-13-19(22)20(23)15-18/h3-5,7-8,12-13,15-16H,6,9-11,14H2,1-2H3,(H,24,26). The molecule has 8 heteroatoms. The second-order valence-corrected chi connectivity index (χ2v) is 8.94. The molecule has 0 saturated carbocycles. The highest BCUT2D eigenvalue weighted by molar-refractivity contribution is 7.92. The van der Waals surface area contributed by atoms with Gasteiger partial charge in [-0.1, -0.05) is 30.3 Å². The first-order chi connectivity index (χ1) is 13.7. The van der Waals surface area contributed by atoms with E-state index < -0.39 is 21.7 Å². The zero-order chi connectivity index (χ0) is 21.4. The van der Waals surface area contributed by atoms with Crippen molar-refractivity contribution in [2.24, 2.45) is 0 Å². The summed E-state index contributed by atoms with van der Waals surface area (Å²) >= 11 is 0. The maximum Gasteiger partial charge on any atom is 0.232 e. The molecule has 5 nitrogen and oxygen atoms in total. The molecule has 0 fully saturated rings. The van der Waals surface area contributed by atoms with Crippen molar-refractivity contribution in [2.75, 3.05) is 17.1 Å². The molecule has 0 spiro atoms. The number of rotatable bonds is 10. The Morgan fingerprint density at radius 1 is 1.10 bits per heavy atom. The van der Waals surface area contributed by atoms with Gasteiger partial charge in [0.25, 0.3) is 0 Å². The number of carbonyl (C=O) groups is 1. The number of aryl methyl sites for hydroxylation is 1. The van der Waals surface area contributed by atoms with Gasteiger partial charge in [0.2, 0.25) is 15.9 Å². The van der Waals surface area contributed by atoms with E-state index in [1.54, 1.807) is 0 Å². The van der Waals surface area contributed by atoms with Crippen molar-refractivity contribution in [3.63, 3.8) is 0 Å². The van der Waals surface area contributed by atoms with Crippen LogP contribution in [0.25, 0.3) is 0 Å². The van der Waals surface area contributed by atoms with Crippen LogP contribution >= 0.6 is 0 Å². The summed E-state index contributed by atoms with van der Waals surface area (Å²) in [6.07, 6.45) is 3.01. The summed E-state index contributed by atoms with van der Waals surface area (Å²) < 4.78 is 51.6. The largest absolute Gasteiger partial charge is 0.354 e. The predicted octanol–water partition coefficient (Wildman–Crippen LogP) is 3.65. The monoisotopic (exact) mass is 424 g/mol. The minimum Gasteiger partial charge on any atom is -0.354 e. The van der Waals surface area contributed by atoms with Crippen LogP contribution in [0.5, 0.6) is 0 Å². The lowest BCUT2D eigenvalue weighted by molar-refractivity contribution is -0.121. The fourth-order valence-electron chi connectivity index (χ4n) is 2.96. The summed E-state index contributed by atoms with van der Waals surface area (Å²) in [5, 5.41) is 2.90. The lowest BCUT2D eigenvalue weighted by Crippen LogP contribution is -2.35. The van der Waals surface area contributed by atoms with Crippen molar-refractivity contribution < 1.29 is 22.0 Å². The molecule has 0 radical (unpaired) electrons. The fraction of sp³-hybridized carbons (Fsp3) is 0.381. The molecule has 1 N–H and O–H groups in total. The van der Waals surface area contributed by atoms with Crippen LogP contribution in [0, 0.1) is 11.6 Å². The Labute approximate surface area is 170 Å². The van der Waals surface area contributed by atoms with Crippen LogP contribution < -0.4 is 9.62 Å². The van der Waals surface area contributed by atoms with Crippen molar-refractivity contribution in [1.29, 1.82) is 0 Å². The molecular formula is C21H26F2N2O3S. The van der Waals surface area contributed by atoms with E-state index in [-0.39, 0.29) is 37.0 Å². The average Bonchev–Trinajstić information content (AvgIpc) is 2.66. The summed E-state index contributed by atoms with van der Waals surface area (Å²) in [6, 6.07) is 12.9. The van der Waals surface area contributed by atoms with E-state index in [1.165, 1.54) is 11.6 Å². The van der Waals surface area contributed by atoms with Crippen LogP contribution in [0.15, 0.2) is 48.5 Å². The first-order valence-electron chi connectivity index (χ1n) is 9.43. The van der Waals surface area contributed by atoms with Gasteiger partial charge in [0.1, 0.15) is 0 Å². The maximum absolute atomic E-state index is 13.5. The molecule has 2 aromatic rings.